The van der Waals surface area contributed by atoms with Crippen LogP contribution in [0, 0.1) is 0 Å². The average molecular weight is 300 g/mol. The average Bonchev–Trinajstić information content (AvgIpc) is 2.68. The third-order valence-electron chi connectivity index (χ3n) is 2.25. The minimum absolute atomic E-state index is 0.133. The molecule has 3 nitrogen and oxygen atoms in total. The number of aryl methyl sites for hydroxylation is 1. The van der Waals surface area contributed by atoms with Gasteiger partial charge in [-0.2, -0.15) is 5.10 Å². The van der Waals surface area contributed by atoms with Gasteiger partial charge in [-0.25, -0.2) is 0 Å². The van der Waals surface area contributed by atoms with Gasteiger partial charge in [0.2, 0.25) is 5.78 Å². The molecule has 16 heavy (non-hydrogen) atoms. The first-order valence-electron chi connectivity index (χ1n) is 4.58. The van der Waals surface area contributed by atoms with Crippen molar-refractivity contribution in [2.75, 3.05) is 0 Å². The molecule has 0 bridgehead atoms. The highest BCUT2D eigenvalue weighted by atomic mass is 79.9. The van der Waals surface area contributed by atoms with E-state index in [0.29, 0.717) is 20.8 Å². The van der Waals surface area contributed by atoms with Crippen molar-refractivity contribution in [2.45, 2.75) is 0 Å². The van der Waals surface area contributed by atoms with Crippen molar-refractivity contribution < 1.29 is 4.79 Å². The summed E-state index contributed by atoms with van der Waals surface area (Å²) in [5.74, 6) is -0.133. The molecular weight excluding hydrogens is 291 g/mol. The standard InChI is InChI=1S/C11H8BrClN2O/c1-15-9(5-6-14-15)11(16)7-3-2-4-8(12)10(7)13/h2-6H,1H3. The molecule has 5 heteroatoms. The van der Waals surface area contributed by atoms with Crippen molar-refractivity contribution in [3.8, 4) is 0 Å². The lowest BCUT2D eigenvalue weighted by atomic mass is 10.1. The fourth-order valence-electron chi connectivity index (χ4n) is 1.41. The topological polar surface area (TPSA) is 34.9 Å². The molecule has 2 rings (SSSR count). The predicted molar refractivity (Wildman–Crippen MR) is 65.8 cm³/mol. The Bertz CT molecular complexity index is 551. The quantitative estimate of drug-likeness (QED) is 0.799. The van der Waals surface area contributed by atoms with Gasteiger partial charge in [-0.15, -0.1) is 0 Å². The summed E-state index contributed by atoms with van der Waals surface area (Å²) in [7, 11) is 1.72. The zero-order chi connectivity index (χ0) is 11.7. The van der Waals surface area contributed by atoms with E-state index in [0.717, 1.165) is 0 Å². The number of carbonyl (C=O) groups excluding carboxylic acids is 1. The summed E-state index contributed by atoms with van der Waals surface area (Å²) < 4.78 is 2.24. The van der Waals surface area contributed by atoms with Crippen LogP contribution in [0.15, 0.2) is 34.9 Å². The Morgan fingerprint density at radius 3 is 2.81 bits per heavy atom. The highest BCUT2D eigenvalue weighted by molar-refractivity contribution is 9.10. The molecule has 82 valence electrons. The number of halogens is 2. The number of carbonyl (C=O) groups is 1. The maximum Gasteiger partial charge on any atom is 0.212 e. The lowest BCUT2D eigenvalue weighted by Crippen LogP contribution is -2.08. The van der Waals surface area contributed by atoms with Gasteiger partial charge in [0.05, 0.1) is 5.02 Å². The number of rotatable bonds is 2. The van der Waals surface area contributed by atoms with E-state index in [2.05, 4.69) is 21.0 Å². The molecule has 1 aromatic heterocycles. The summed E-state index contributed by atoms with van der Waals surface area (Å²) in [6, 6.07) is 6.93. The summed E-state index contributed by atoms with van der Waals surface area (Å²) in [6.07, 6.45) is 1.58. The smallest absolute Gasteiger partial charge is 0.212 e. The number of hydrogen-bond donors (Lipinski definition) is 0. The second-order valence-corrected chi connectivity index (χ2v) is 4.50. The molecule has 0 radical (unpaired) electrons. The van der Waals surface area contributed by atoms with E-state index in [4.69, 9.17) is 11.6 Å². The van der Waals surface area contributed by atoms with Crippen molar-refractivity contribution in [3.05, 3.63) is 51.2 Å². The van der Waals surface area contributed by atoms with Crippen molar-refractivity contribution in [2.24, 2.45) is 7.05 Å². The monoisotopic (exact) mass is 298 g/mol. The first-order valence-corrected chi connectivity index (χ1v) is 5.75. The van der Waals surface area contributed by atoms with Crippen molar-refractivity contribution in [3.63, 3.8) is 0 Å². The molecule has 1 aromatic carbocycles. The minimum Gasteiger partial charge on any atom is -0.287 e. The Balaban J connectivity index is 2.50. The molecule has 0 saturated carbocycles. The molecule has 0 spiro atoms. The van der Waals surface area contributed by atoms with Gasteiger partial charge in [0.1, 0.15) is 5.69 Å². The van der Waals surface area contributed by atoms with Gasteiger partial charge in [-0.3, -0.25) is 9.48 Å². The number of aromatic nitrogens is 2. The maximum atomic E-state index is 12.1. The Labute approximate surface area is 106 Å². The molecule has 0 amide bonds. The van der Waals surface area contributed by atoms with Crippen LogP contribution in [-0.4, -0.2) is 15.6 Å². The third kappa shape index (κ3) is 1.90. The first kappa shape index (κ1) is 11.4. The summed E-state index contributed by atoms with van der Waals surface area (Å²) in [5, 5.41) is 4.38. The molecule has 0 fully saturated rings. The highest BCUT2D eigenvalue weighted by Crippen LogP contribution is 2.27. The molecular formula is C11H8BrClN2O. The van der Waals surface area contributed by atoms with E-state index in [1.54, 1.807) is 37.5 Å². The van der Waals surface area contributed by atoms with E-state index < -0.39 is 0 Å². The van der Waals surface area contributed by atoms with Crippen LogP contribution < -0.4 is 0 Å². The van der Waals surface area contributed by atoms with Crippen LogP contribution >= 0.6 is 27.5 Å². The minimum atomic E-state index is -0.133. The number of hydrogen-bond acceptors (Lipinski definition) is 2. The lowest BCUT2D eigenvalue weighted by Gasteiger charge is -2.05. The van der Waals surface area contributed by atoms with Crippen molar-refractivity contribution >= 4 is 33.3 Å². The van der Waals surface area contributed by atoms with Gasteiger partial charge in [0, 0.05) is 23.3 Å². The number of ketones is 1. The largest absolute Gasteiger partial charge is 0.287 e. The number of nitrogens with zero attached hydrogens (tertiary/aromatic N) is 2. The van der Waals surface area contributed by atoms with E-state index in [9.17, 15) is 4.79 Å². The van der Waals surface area contributed by atoms with E-state index in [1.807, 2.05) is 0 Å². The van der Waals surface area contributed by atoms with Gasteiger partial charge in [-0.1, -0.05) is 17.7 Å². The molecule has 2 aromatic rings. The highest BCUT2D eigenvalue weighted by Gasteiger charge is 2.16. The zero-order valence-electron chi connectivity index (χ0n) is 8.45. The maximum absolute atomic E-state index is 12.1. The van der Waals surface area contributed by atoms with Crippen LogP contribution in [0.2, 0.25) is 5.02 Å². The molecule has 0 atom stereocenters. The SMILES string of the molecule is Cn1nccc1C(=O)c1cccc(Br)c1Cl. The lowest BCUT2D eigenvalue weighted by molar-refractivity contribution is 0.103. The van der Waals surface area contributed by atoms with Crippen LogP contribution in [0.5, 0.6) is 0 Å². The van der Waals surface area contributed by atoms with Crippen LogP contribution in [-0.2, 0) is 7.05 Å². The third-order valence-corrected chi connectivity index (χ3v) is 3.55. The molecule has 0 saturated heterocycles. The summed E-state index contributed by atoms with van der Waals surface area (Å²) in [6.45, 7) is 0. The Morgan fingerprint density at radius 1 is 1.44 bits per heavy atom. The van der Waals surface area contributed by atoms with Crippen LogP contribution in [0.25, 0.3) is 0 Å². The van der Waals surface area contributed by atoms with Gasteiger partial charge >= 0.3 is 0 Å². The fraction of sp³-hybridized carbons (Fsp3) is 0.0909. The van der Waals surface area contributed by atoms with Crippen LogP contribution in [0.4, 0.5) is 0 Å². The Hall–Kier alpha value is -1.13. The molecule has 0 aliphatic rings. The normalized spacial score (nSPS) is 10.4. The first-order chi connectivity index (χ1) is 7.61. The van der Waals surface area contributed by atoms with Crippen molar-refractivity contribution in [1.82, 2.24) is 9.78 Å². The summed E-state index contributed by atoms with van der Waals surface area (Å²) in [4.78, 5) is 12.1. The molecule has 1 heterocycles. The van der Waals surface area contributed by atoms with Gasteiger partial charge < -0.3 is 0 Å². The molecule has 0 unspecified atom stereocenters. The second-order valence-electron chi connectivity index (χ2n) is 3.27. The van der Waals surface area contributed by atoms with Crippen LogP contribution in [0.3, 0.4) is 0 Å². The molecule has 0 aliphatic heterocycles. The van der Waals surface area contributed by atoms with Crippen molar-refractivity contribution in [1.29, 1.82) is 0 Å². The van der Waals surface area contributed by atoms with Crippen LogP contribution in [0.1, 0.15) is 16.1 Å². The van der Waals surface area contributed by atoms with E-state index in [-0.39, 0.29) is 5.78 Å². The van der Waals surface area contributed by atoms with Gasteiger partial charge in [0.15, 0.2) is 0 Å². The molecule has 0 aliphatic carbocycles. The van der Waals surface area contributed by atoms with Gasteiger partial charge in [-0.05, 0) is 34.1 Å². The molecule has 0 N–H and O–H groups in total. The van der Waals surface area contributed by atoms with Gasteiger partial charge in [0.25, 0.3) is 0 Å². The summed E-state index contributed by atoms with van der Waals surface area (Å²) in [5.41, 5.74) is 0.986. The Kier molecular flexibility index (Phi) is 3.12. The predicted octanol–water partition coefficient (Wildman–Crippen LogP) is 3.07. The Morgan fingerprint density at radius 2 is 2.19 bits per heavy atom. The van der Waals surface area contributed by atoms with E-state index >= 15 is 0 Å². The summed E-state index contributed by atoms with van der Waals surface area (Å²) >= 11 is 9.35. The second kappa shape index (κ2) is 4.39. The number of benzene rings is 1. The van der Waals surface area contributed by atoms with E-state index in [1.165, 1.54) is 4.68 Å². The zero-order valence-corrected chi connectivity index (χ0v) is 10.8. The fourth-order valence-corrected chi connectivity index (χ4v) is 1.99.